The van der Waals surface area contributed by atoms with Crippen LogP contribution >= 0.6 is 0 Å². The van der Waals surface area contributed by atoms with Crippen molar-refractivity contribution >= 4 is 11.7 Å². The van der Waals surface area contributed by atoms with Crippen molar-refractivity contribution in [3.05, 3.63) is 59.4 Å². The normalized spacial score (nSPS) is 13.5. The van der Waals surface area contributed by atoms with E-state index in [1.54, 1.807) is 11.0 Å². The Bertz CT molecular complexity index is 887. The second kappa shape index (κ2) is 6.99. The molecule has 0 bridgehead atoms. The highest BCUT2D eigenvalue weighted by atomic mass is 16.2. The Morgan fingerprint density at radius 2 is 2.31 bits per heavy atom. The van der Waals surface area contributed by atoms with Gasteiger partial charge < -0.3 is 10.2 Å². The predicted molar refractivity (Wildman–Crippen MR) is 96.7 cm³/mol. The van der Waals surface area contributed by atoms with Gasteiger partial charge in [-0.1, -0.05) is 19.1 Å². The highest BCUT2D eigenvalue weighted by molar-refractivity contribution is 5.89. The van der Waals surface area contributed by atoms with Crippen molar-refractivity contribution in [3.8, 4) is 0 Å². The van der Waals surface area contributed by atoms with Crippen molar-refractivity contribution in [2.45, 2.75) is 32.9 Å². The van der Waals surface area contributed by atoms with Gasteiger partial charge in [0.25, 0.3) is 0 Å². The molecule has 134 valence electrons. The Morgan fingerprint density at radius 3 is 3.12 bits per heavy atom. The van der Waals surface area contributed by atoms with Crippen LogP contribution in [0.1, 0.15) is 29.4 Å². The predicted octanol–water partition coefficient (Wildman–Crippen LogP) is 2.20. The molecule has 0 saturated heterocycles. The zero-order chi connectivity index (χ0) is 17.9. The number of nitrogens with zero attached hydrogens (tertiary/aromatic N) is 5. The number of hydrogen-bond acceptors (Lipinski definition) is 4. The molecule has 8 nitrogen and oxygen atoms in total. The topological polar surface area (TPSA) is 91.7 Å². The summed E-state index contributed by atoms with van der Waals surface area (Å²) in [6.45, 7) is 3.98. The summed E-state index contributed by atoms with van der Waals surface area (Å²) in [6.07, 6.45) is 4.86. The highest BCUT2D eigenvalue weighted by Gasteiger charge is 2.24. The van der Waals surface area contributed by atoms with Crippen molar-refractivity contribution in [2.24, 2.45) is 0 Å². The largest absolute Gasteiger partial charge is 0.322 e. The Morgan fingerprint density at radius 1 is 1.38 bits per heavy atom. The average Bonchev–Trinajstić information content (AvgIpc) is 3.30. The van der Waals surface area contributed by atoms with Gasteiger partial charge in [-0.2, -0.15) is 10.2 Å². The lowest BCUT2D eigenvalue weighted by Crippen LogP contribution is -2.39. The van der Waals surface area contributed by atoms with E-state index >= 15 is 0 Å². The Hall–Kier alpha value is -3.16. The van der Waals surface area contributed by atoms with Crippen molar-refractivity contribution in [2.75, 3.05) is 11.9 Å². The van der Waals surface area contributed by atoms with Crippen molar-refractivity contribution in [1.82, 2.24) is 29.9 Å². The third-order valence-electron chi connectivity index (χ3n) is 4.63. The first-order chi connectivity index (χ1) is 12.7. The maximum atomic E-state index is 12.7. The number of fused-ring (bicyclic) bond motifs is 1. The van der Waals surface area contributed by atoms with Crippen LogP contribution in [0.25, 0.3) is 0 Å². The number of rotatable bonds is 4. The number of urea groups is 1. The van der Waals surface area contributed by atoms with E-state index in [1.165, 1.54) is 6.33 Å². The first kappa shape index (κ1) is 16.3. The number of carbonyl (C=O) groups excluding carboxylic acids is 1. The smallest absolute Gasteiger partial charge is 0.320 e. The number of aryl methyl sites for hydroxylation is 1. The van der Waals surface area contributed by atoms with Gasteiger partial charge in [-0.25, -0.2) is 14.5 Å². The number of hydrogen-bond donors (Lipinski definition) is 2. The van der Waals surface area contributed by atoms with Gasteiger partial charge in [-0.05, 0) is 24.1 Å². The average molecular weight is 351 g/mol. The molecule has 0 saturated carbocycles. The summed E-state index contributed by atoms with van der Waals surface area (Å²) in [4.78, 5) is 18.5. The summed E-state index contributed by atoms with van der Waals surface area (Å²) in [5.74, 6) is 0. The van der Waals surface area contributed by atoms with Crippen LogP contribution in [0.15, 0.2) is 36.9 Å². The minimum atomic E-state index is -0.0863. The molecule has 2 N–H and O–H groups in total. The number of carbonyl (C=O) groups is 1. The maximum Gasteiger partial charge on any atom is 0.322 e. The van der Waals surface area contributed by atoms with Gasteiger partial charge in [0.1, 0.15) is 12.7 Å². The van der Waals surface area contributed by atoms with Gasteiger partial charge in [0.2, 0.25) is 0 Å². The lowest BCUT2D eigenvalue weighted by molar-refractivity contribution is 0.206. The van der Waals surface area contributed by atoms with Crippen molar-refractivity contribution in [3.63, 3.8) is 0 Å². The van der Waals surface area contributed by atoms with Gasteiger partial charge in [0, 0.05) is 29.9 Å². The summed E-state index contributed by atoms with van der Waals surface area (Å²) in [5, 5.41) is 14.5. The third kappa shape index (κ3) is 3.30. The lowest BCUT2D eigenvalue weighted by atomic mass is 10.0. The molecule has 4 rings (SSSR count). The second-order valence-corrected chi connectivity index (χ2v) is 6.38. The number of amides is 2. The maximum absolute atomic E-state index is 12.7. The molecular formula is C18H21N7O. The summed E-state index contributed by atoms with van der Waals surface area (Å²) in [5.41, 5.74) is 5.19. The third-order valence-corrected chi connectivity index (χ3v) is 4.63. The second-order valence-electron chi connectivity index (χ2n) is 6.38. The fraction of sp³-hybridized carbons (Fsp3) is 0.333. The quantitative estimate of drug-likeness (QED) is 0.754. The first-order valence-electron chi connectivity index (χ1n) is 8.75. The van der Waals surface area contributed by atoms with Gasteiger partial charge in [-0.3, -0.25) is 5.10 Å². The van der Waals surface area contributed by atoms with Crippen molar-refractivity contribution < 1.29 is 4.79 Å². The molecule has 3 heterocycles. The molecule has 0 unspecified atom stereocenters. The monoisotopic (exact) mass is 351 g/mol. The molecule has 0 aliphatic carbocycles. The molecule has 0 radical (unpaired) electrons. The fourth-order valence-electron chi connectivity index (χ4n) is 3.27. The number of H-pyrrole nitrogens is 1. The molecule has 1 aliphatic heterocycles. The summed E-state index contributed by atoms with van der Waals surface area (Å²) < 4.78 is 1.75. The molecule has 0 spiro atoms. The Kier molecular flexibility index (Phi) is 4.39. The van der Waals surface area contributed by atoms with Crippen LogP contribution in [0, 0.1) is 0 Å². The van der Waals surface area contributed by atoms with E-state index in [0.717, 1.165) is 41.0 Å². The van der Waals surface area contributed by atoms with E-state index in [9.17, 15) is 4.79 Å². The van der Waals surface area contributed by atoms with Crippen molar-refractivity contribution in [1.29, 1.82) is 0 Å². The van der Waals surface area contributed by atoms with Crippen LogP contribution in [-0.4, -0.2) is 42.4 Å². The number of nitrogens with one attached hydrogen (secondary N) is 2. The van der Waals surface area contributed by atoms with Gasteiger partial charge in [-0.15, -0.1) is 0 Å². The fourth-order valence-corrected chi connectivity index (χ4v) is 3.27. The first-order valence-corrected chi connectivity index (χ1v) is 8.75. The van der Waals surface area contributed by atoms with Crippen LogP contribution in [0.2, 0.25) is 0 Å². The highest BCUT2D eigenvalue weighted by Crippen LogP contribution is 2.21. The van der Waals surface area contributed by atoms with Crippen LogP contribution in [0.5, 0.6) is 0 Å². The number of benzene rings is 1. The van der Waals surface area contributed by atoms with Gasteiger partial charge in [0.15, 0.2) is 0 Å². The minimum absolute atomic E-state index is 0.0863. The molecule has 3 aromatic rings. The molecule has 1 aromatic carbocycles. The van der Waals surface area contributed by atoms with E-state index in [-0.39, 0.29) is 6.03 Å². The Labute approximate surface area is 151 Å². The van der Waals surface area contributed by atoms with E-state index < -0.39 is 0 Å². The number of aromatic amines is 1. The molecule has 2 amide bonds. The van der Waals surface area contributed by atoms with Crippen LogP contribution in [0.4, 0.5) is 10.5 Å². The lowest BCUT2D eigenvalue weighted by Gasteiger charge is -2.27. The molecule has 26 heavy (non-hydrogen) atoms. The van der Waals surface area contributed by atoms with Crippen LogP contribution in [0.3, 0.4) is 0 Å². The summed E-state index contributed by atoms with van der Waals surface area (Å²) in [7, 11) is 0. The van der Waals surface area contributed by atoms with E-state index in [1.807, 2.05) is 29.2 Å². The van der Waals surface area contributed by atoms with E-state index in [0.29, 0.717) is 19.6 Å². The van der Waals surface area contributed by atoms with Crippen LogP contribution < -0.4 is 5.32 Å². The molecule has 0 fully saturated rings. The standard InChI is InChI=1S/C18H21N7O/c1-2-16-15-10-24(7-6-17(15)23-22-16)18(26)21-14-5-3-4-13(8-14)9-25-12-19-11-20-25/h3-5,8,11-12H,2,6-7,9-10H2,1H3,(H,21,26)(H,22,23). The van der Waals surface area contributed by atoms with E-state index in [2.05, 4.69) is 32.5 Å². The number of anilines is 1. The zero-order valence-electron chi connectivity index (χ0n) is 14.6. The van der Waals surface area contributed by atoms with Gasteiger partial charge in [0.05, 0.1) is 18.8 Å². The Balaban J connectivity index is 1.43. The van der Waals surface area contributed by atoms with Crippen LogP contribution in [-0.2, 0) is 25.9 Å². The van der Waals surface area contributed by atoms with E-state index in [4.69, 9.17) is 0 Å². The summed E-state index contributed by atoms with van der Waals surface area (Å²) in [6, 6.07) is 7.71. The summed E-state index contributed by atoms with van der Waals surface area (Å²) >= 11 is 0. The minimum Gasteiger partial charge on any atom is -0.320 e. The molecular weight excluding hydrogens is 330 g/mol. The van der Waals surface area contributed by atoms with Gasteiger partial charge >= 0.3 is 6.03 Å². The number of aromatic nitrogens is 5. The molecule has 2 aromatic heterocycles. The molecule has 0 atom stereocenters. The molecule has 1 aliphatic rings. The zero-order valence-corrected chi connectivity index (χ0v) is 14.6. The SMILES string of the molecule is CCc1n[nH]c2c1CN(C(=O)Nc1cccc(Cn3cncn3)c1)CC2. The molecule has 8 heteroatoms.